The van der Waals surface area contributed by atoms with Gasteiger partial charge in [0.15, 0.2) is 5.65 Å². The first-order valence-electron chi connectivity index (χ1n) is 3.34. The van der Waals surface area contributed by atoms with Gasteiger partial charge in [0.1, 0.15) is 3.70 Å². The van der Waals surface area contributed by atoms with Crippen LogP contribution in [-0.4, -0.2) is 9.97 Å². The number of fused-ring (bicyclic) bond motifs is 1. The fraction of sp³-hybridized carbons (Fsp3) is 0. The van der Waals surface area contributed by atoms with E-state index in [0.29, 0.717) is 0 Å². The molecule has 0 aliphatic rings. The van der Waals surface area contributed by atoms with Gasteiger partial charge in [-0.05, 0) is 63.4 Å². The zero-order chi connectivity index (χ0) is 8.55. The quantitative estimate of drug-likeness (QED) is 0.518. The SMILES string of the molecule is Ic1cc(I)c2cccnc2n1. The topological polar surface area (TPSA) is 25.8 Å². The van der Waals surface area contributed by atoms with Crippen molar-refractivity contribution in [3.8, 4) is 0 Å². The third-order valence-corrected chi connectivity index (χ3v) is 2.95. The van der Waals surface area contributed by atoms with Gasteiger partial charge in [-0.2, -0.15) is 0 Å². The first-order chi connectivity index (χ1) is 5.77. The van der Waals surface area contributed by atoms with Crippen molar-refractivity contribution in [1.29, 1.82) is 0 Å². The lowest BCUT2D eigenvalue weighted by Crippen LogP contribution is -1.88. The minimum absolute atomic E-state index is 0.828. The van der Waals surface area contributed by atoms with E-state index >= 15 is 0 Å². The molecule has 0 saturated heterocycles. The van der Waals surface area contributed by atoms with Crippen molar-refractivity contribution < 1.29 is 0 Å². The average molecular weight is 382 g/mol. The third kappa shape index (κ3) is 1.54. The van der Waals surface area contributed by atoms with Crippen LogP contribution in [0.1, 0.15) is 0 Å². The smallest absolute Gasteiger partial charge is 0.161 e. The number of hydrogen-bond donors (Lipinski definition) is 0. The number of hydrogen-bond acceptors (Lipinski definition) is 2. The first kappa shape index (κ1) is 8.61. The Morgan fingerprint density at radius 1 is 1.25 bits per heavy atom. The zero-order valence-electron chi connectivity index (χ0n) is 5.96. The maximum Gasteiger partial charge on any atom is 0.161 e. The van der Waals surface area contributed by atoms with Gasteiger partial charge in [0, 0.05) is 15.2 Å². The van der Waals surface area contributed by atoms with E-state index in [1.165, 1.54) is 3.57 Å². The van der Waals surface area contributed by atoms with Crippen LogP contribution >= 0.6 is 45.2 Å². The molecule has 2 nitrogen and oxygen atoms in total. The molecular weight excluding hydrogens is 378 g/mol. The number of nitrogens with zero attached hydrogens (tertiary/aromatic N) is 2. The molecule has 2 aromatic rings. The minimum atomic E-state index is 0.828. The molecule has 0 saturated carbocycles. The number of rotatable bonds is 0. The van der Waals surface area contributed by atoms with Crippen LogP contribution in [0.5, 0.6) is 0 Å². The van der Waals surface area contributed by atoms with Crippen LogP contribution in [0.4, 0.5) is 0 Å². The highest BCUT2D eigenvalue weighted by molar-refractivity contribution is 14.1. The summed E-state index contributed by atoms with van der Waals surface area (Å²) < 4.78 is 2.19. The lowest BCUT2D eigenvalue weighted by Gasteiger charge is -1.98. The van der Waals surface area contributed by atoms with Gasteiger partial charge < -0.3 is 0 Å². The lowest BCUT2D eigenvalue weighted by atomic mass is 10.3. The summed E-state index contributed by atoms with van der Waals surface area (Å²) in [5, 5.41) is 1.12. The van der Waals surface area contributed by atoms with E-state index in [2.05, 4.69) is 55.1 Å². The molecule has 2 aromatic heterocycles. The van der Waals surface area contributed by atoms with Crippen LogP contribution < -0.4 is 0 Å². The number of aromatic nitrogens is 2. The second-order valence-electron chi connectivity index (χ2n) is 2.30. The molecule has 0 aromatic carbocycles. The maximum atomic E-state index is 4.31. The Labute approximate surface area is 97.1 Å². The summed E-state index contributed by atoms with van der Waals surface area (Å²) in [6.45, 7) is 0. The van der Waals surface area contributed by atoms with Gasteiger partial charge >= 0.3 is 0 Å². The van der Waals surface area contributed by atoms with Crippen LogP contribution in [0.15, 0.2) is 24.4 Å². The predicted octanol–water partition coefficient (Wildman–Crippen LogP) is 2.84. The highest BCUT2D eigenvalue weighted by Crippen LogP contribution is 2.18. The Kier molecular flexibility index (Phi) is 2.44. The van der Waals surface area contributed by atoms with Crippen molar-refractivity contribution in [2.45, 2.75) is 0 Å². The van der Waals surface area contributed by atoms with Crippen molar-refractivity contribution >= 4 is 56.2 Å². The van der Waals surface area contributed by atoms with E-state index in [1.807, 2.05) is 18.2 Å². The van der Waals surface area contributed by atoms with Gasteiger partial charge in [0.25, 0.3) is 0 Å². The standard InChI is InChI=1S/C8H4I2N2/c9-6-4-7(10)12-8-5(6)2-1-3-11-8/h1-4H. The van der Waals surface area contributed by atoms with E-state index in [-0.39, 0.29) is 0 Å². The highest BCUT2D eigenvalue weighted by atomic mass is 127. The molecule has 12 heavy (non-hydrogen) atoms. The van der Waals surface area contributed by atoms with Gasteiger partial charge in [-0.1, -0.05) is 0 Å². The van der Waals surface area contributed by atoms with Gasteiger partial charge in [-0.15, -0.1) is 0 Å². The molecule has 60 valence electrons. The van der Waals surface area contributed by atoms with Crippen molar-refractivity contribution in [1.82, 2.24) is 9.97 Å². The van der Waals surface area contributed by atoms with E-state index in [1.54, 1.807) is 6.20 Å². The zero-order valence-corrected chi connectivity index (χ0v) is 10.3. The Bertz CT molecular complexity index is 428. The molecule has 4 heteroatoms. The summed E-state index contributed by atoms with van der Waals surface area (Å²) in [7, 11) is 0. The van der Waals surface area contributed by atoms with Gasteiger partial charge in [-0.25, -0.2) is 9.97 Å². The number of halogens is 2. The van der Waals surface area contributed by atoms with E-state index in [9.17, 15) is 0 Å². The van der Waals surface area contributed by atoms with Gasteiger partial charge in [0.05, 0.1) is 0 Å². The van der Waals surface area contributed by atoms with E-state index in [0.717, 1.165) is 14.7 Å². The molecule has 0 aliphatic heterocycles. The Hall–Kier alpha value is 0.0200. The molecule has 0 spiro atoms. The second-order valence-corrected chi connectivity index (χ2v) is 4.57. The molecule has 0 fully saturated rings. The summed E-state index contributed by atoms with van der Waals surface area (Å²) in [5.41, 5.74) is 0.828. The molecule has 0 atom stereocenters. The van der Waals surface area contributed by atoms with Crippen LogP contribution in [0.2, 0.25) is 0 Å². The molecule has 0 bridgehead atoms. The molecule has 0 unspecified atom stereocenters. The Balaban J connectivity index is 2.89. The summed E-state index contributed by atoms with van der Waals surface area (Å²) in [5.74, 6) is 0. The van der Waals surface area contributed by atoms with Gasteiger partial charge in [0.2, 0.25) is 0 Å². The van der Waals surface area contributed by atoms with Crippen LogP contribution in [-0.2, 0) is 0 Å². The summed E-state index contributed by atoms with van der Waals surface area (Å²) in [6.07, 6.45) is 1.77. The normalized spacial score (nSPS) is 10.5. The fourth-order valence-corrected chi connectivity index (χ4v) is 2.84. The molecule has 0 amide bonds. The largest absolute Gasteiger partial charge is 0.237 e. The number of pyridine rings is 2. The second kappa shape index (κ2) is 3.41. The lowest BCUT2D eigenvalue weighted by molar-refractivity contribution is 1.25. The average Bonchev–Trinajstić information content (AvgIpc) is 2.04. The maximum absolute atomic E-state index is 4.31. The van der Waals surface area contributed by atoms with Crippen molar-refractivity contribution in [2.75, 3.05) is 0 Å². The van der Waals surface area contributed by atoms with Crippen LogP contribution in [0.25, 0.3) is 11.0 Å². The first-order valence-corrected chi connectivity index (χ1v) is 5.50. The summed E-state index contributed by atoms with van der Waals surface area (Å²) in [4.78, 5) is 8.49. The molecule has 0 aliphatic carbocycles. The Morgan fingerprint density at radius 2 is 2.08 bits per heavy atom. The van der Waals surface area contributed by atoms with Gasteiger partial charge in [-0.3, -0.25) is 0 Å². The monoisotopic (exact) mass is 382 g/mol. The van der Waals surface area contributed by atoms with Crippen LogP contribution in [0.3, 0.4) is 0 Å². The third-order valence-electron chi connectivity index (χ3n) is 1.50. The Morgan fingerprint density at radius 3 is 2.92 bits per heavy atom. The van der Waals surface area contributed by atoms with Crippen LogP contribution in [0, 0.1) is 7.27 Å². The van der Waals surface area contributed by atoms with Crippen molar-refractivity contribution in [3.05, 3.63) is 31.7 Å². The molecule has 2 heterocycles. The van der Waals surface area contributed by atoms with E-state index < -0.39 is 0 Å². The molecule has 2 rings (SSSR count). The highest BCUT2D eigenvalue weighted by Gasteiger charge is 2.00. The predicted molar refractivity (Wildman–Crippen MR) is 65.0 cm³/mol. The molecule has 0 radical (unpaired) electrons. The van der Waals surface area contributed by atoms with Crippen molar-refractivity contribution in [3.63, 3.8) is 0 Å². The molecule has 0 N–H and O–H groups in total. The minimum Gasteiger partial charge on any atom is -0.237 e. The fourth-order valence-electron chi connectivity index (χ4n) is 0.988. The summed E-state index contributed by atoms with van der Waals surface area (Å²) in [6, 6.07) is 6.01. The van der Waals surface area contributed by atoms with Crippen molar-refractivity contribution in [2.24, 2.45) is 0 Å². The molecular formula is C8H4I2N2. The summed E-state index contributed by atoms with van der Waals surface area (Å²) >= 11 is 4.50. The van der Waals surface area contributed by atoms with E-state index in [4.69, 9.17) is 0 Å².